The van der Waals surface area contributed by atoms with Crippen molar-refractivity contribution < 1.29 is 0 Å². The Morgan fingerprint density at radius 1 is 1.33 bits per heavy atom. The summed E-state index contributed by atoms with van der Waals surface area (Å²) < 4.78 is 2.10. The number of H-pyrrole nitrogens is 1. The molecule has 0 spiro atoms. The van der Waals surface area contributed by atoms with Crippen LogP contribution in [0.5, 0.6) is 0 Å². The van der Waals surface area contributed by atoms with Crippen molar-refractivity contribution in [1.29, 1.82) is 0 Å². The van der Waals surface area contributed by atoms with Gasteiger partial charge in [-0.3, -0.25) is 0 Å². The van der Waals surface area contributed by atoms with E-state index < -0.39 is 0 Å². The molecule has 0 fully saturated rings. The van der Waals surface area contributed by atoms with E-state index in [1.54, 1.807) is 12.5 Å². The number of nitrogens with one attached hydrogen (secondary N) is 2. The standard InChI is InChI=1S/C10H9Br2N3/c11-7-1-2-9(12)10(3-7)14-5-8-4-13-6-15-8/h1-4,6,14H,5H2,(H,13,15). The van der Waals surface area contributed by atoms with Crippen LogP contribution in [0.4, 0.5) is 5.69 Å². The first kappa shape index (κ1) is 10.7. The van der Waals surface area contributed by atoms with Crippen molar-refractivity contribution in [1.82, 2.24) is 9.97 Å². The van der Waals surface area contributed by atoms with Crippen LogP contribution in [0.2, 0.25) is 0 Å². The van der Waals surface area contributed by atoms with Crippen LogP contribution in [0.25, 0.3) is 0 Å². The van der Waals surface area contributed by atoms with E-state index in [0.29, 0.717) is 0 Å². The summed E-state index contributed by atoms with van der Waals surface area (Å²) >= 11 is 6.92. The first-order valence-electron chi connectivity index (χ1n) is 4.42. The summed E-state index contributed by atoms with van der Waals surface area (Å²) in [5, 5.41) is 3.31. The lowest BCUT2D eigenvalue weighted by Crippen LogP contribution is -2.00. The van der Waals surface area contributed by atoms with Crippen LogP contribution < -0.4 is 5.32 Å². The molecule has 2 aromatic rings. The van der Waals surface area contributed by atoms with E-state index in [4.69, 9.17) is 0 Å². The lowest BCUT2D eigenvalue weighted by Gasteiger charge is -2.07. The van der Waals surface area contributed by atoms with Crippen LogP contribution in [0, 0.1) is 0 Å². The van der Waals surface area contributed by atoms with Crippen LogP contribution >= 0.6 is 31.9 Å². The van der Waals surface area contributed by atoms with E-state index in [-0.39, 0.29) is 0 Å². The zero-order chi connectivity index (χ0) is 10.7. The fourth-order valence-electron chi connectivity index (χ4n) is 1.20. The topological polar surface area (TPSA) is 40.7 Å². The van der Waals surface area contributed by atoms with Crippen molar-refractivity contribution >= 4 is 37.5 Å². The van der Waals surface area contributed by atoms with Gasteiger partial charge in [0.2, 0.25) is 0 Å². The van der Waals surface area contributed by atoms with Crippen molar-refractivity contribution in [2.45, 2.75) is 6.54 Å². The monoisotopic (exact) mass is 329 g/mol. The number of aromatic nitrogens is 2. The van der Waals surface area contributed by atoms with Gasteiger partial charge in [-0.2, -0.15) is 0 Å². The predicted octanol–water partition coefficient (Wildman–Crippen LogP) is 3.55. The van der Waals surface area contributed by atoms with Gasteiger partial charge in [0.05, 0.1) is 18.6 Å². The van der Waals surface area contributed by atoms with Gasteiger partial charge in [0, 0.05) is 20.8 Å². The molecule has 78 valence electrons. The Labute approximate surface area is 105 Å². The van der Waals surface area contributed by atoms with E-state index in [9.17, 15) is 0 Å². The highest BCUT2D eigenvalue weighted by atomic mass is 79.9. The summed E-state index contributed by atoms with van der Waals surface area (Å²) in [6.45, 7) is 0.731. The zero-order valence-electron chi connectivity index (χ0n) is 7.80. The smallest absolute Gasteiger partial charge is 0.0922 e. The number of aromatic amines is 1. The largest absolute Gasteiger partial charge is 0.378 e. The fraction of sp³-hybridized carbons (Fsp3) is 0.100. The first-order valence-corrected chi connectivity index (χ1v) is 6.00. The Morgan fingerprint density at radius 2 is 2.20 bits per heavy atom. The Morgan fingerprint density at radius 3 is 2.93 bits per heavy atom. The molecule has 0 aliphatic heterocycles. The van der Waals surface area contributed by atoms with E-state index in [2.05, 4.69) is 47.1 Å². The second-order valence-corrected chi connectivity index (χ2v) is 4.82. The number of nitrogens with zero attached hydrogens (tertiary/aromatic N) is 1. The maximum absolute atomic E-state index is 3.96. The summed E-state index contributed by atoms with van der Waals surface area (Å²) in [6.07, 6.45) is 3.48. The minimum Gasteiger partial charge on any atom is -0.378 e. The molecule has 0 amide bonds. The number of hydrogen-bond donors (Lipinski definition) is 2. The third kappa shape index (κ3) is 2.82. The zero-order valence-corrected chi connectivity index (χ0v) is 11.0. The van der Waals surface area contributed by atoms with Gasteiger partial charge in [-0.05, 0) is 34.1 Å². The minimum atomic E-state index is 0.731. The van der Waals surface area contributed by atoms with Crippen LogP contribution in [-0.2, 0) is 6.54 Å². The lowest BCUT2D eigenvalue weighted by molar-refractivity contribution is 1.07. The van der Waals surface area contributed by atoms with Crippen molar-refractivity contribution in [3.8, 4) is 0 Å². The summed E-state index contributed by atoms with van der Waals surface area (Å²) in [7, 11) is 0. The fourth-order valence-corrected chi connectivity index (χ4v) is 1.95. The summed E-state index contributed by atoms with van der Waals surface area (Å²) in [5.74, 6) is 0. The van der Waals surface area contributed by atoms with Gasteiger partial charge in [0.15, 0.2) is 0 Å². The van der Waals surface area contributed by atoms with Crippen LogP contribution in [0.1, 0.15) is 5.69 Å². The quantitative estimate of drug-likeness (QED) is 0.903. The third-order valence-electron chi connectivity index (χ3n) is 1.95. The molecule has 0 bridgehead atoms. The third-order valence-corrected chi connectivity index (χ3v) is 3.14. The molecule has 0 aliphatic carbocycles. The number of rotatable bonds is 3. The number of benzene rings is 1. The lowest BCUT2D eigenvalue weighted by atomic mass is 10.3. The molecule has 0 aliphatic rings. The number of anilines is 1. The van der Waals surface area contributed by atoms with Gasteiger partial charge in [-0.1, -0.05) is 15.9 Å². The highest BCUT2D eigenvalue weighted by Gasteiger charge is 2.00. The average molecular weight is 331 g/mol. The molecule has 1 aromatic carbocycles. The molecule has 3 nitrogen and oxygen atoms in total. The molecule has 0 saturated carbocycles. The molecule has 5 heteroatoms. The first-order chi connectivity index (χ1) is 7.25. The predicted molar refractivity (Wildman–Crippen MR) is 67.8 cm³/mol. The van der Waals surface area contributed by atoms with Crippen molar-refractivity contribution in [2.24, 2.45) is 0 Å². The van der Waals surface area contributed by atoms with Gasteiger partial charge >= 0.3 is 0 Å². The van der Waals surface area contributed by atoms with Gasteiger partial charge in [0.1, 0.15) is 0 Å². The highest BCUT2D eigenvalue weighted by Crippen LogP contribution is 2.26. The Kier molecular flexibility index (Phi) is 3.43. The van der Waals surface area contributed by atoms with Gasteiger partial charge in [-0.15, -0.1) is 0 Å². The highest BCUT2D eigenvalue weighted by molar-refractivity contribution is 9.11. The normalized spacial score (nSPS) is 10.3. The second-order valence-electron chi connectivity index (χ2n) is 3.05. The molecular formula is C10H9Br2N3. The molecule has 0 atom stereocenters. The molecule has 15 heavy (non-hydrogen) atoms. The Hall–Kier alpha value is -0.810. The molecule has 2 rings (SSSR count). The Bertz CT molecular complexity index is 440. The Balaban J connectivity index is 2.07. The number of imidazole rings is 1. The van der Waals surface area contributed by atoms with Crippen molar-refractivity contribution in [3.05, 3.63) is 45.4 Å². The van der Waals surface area contributed by atoms with Crippen LogP contribution in [0.3, 0.4) is 0 Å². The second kappa shape index (κ2) is 4.81. The maximum Gasteiger partial charge on any atom is 0.0922 e. The van der Waals surface area contributed by atoms with Gasteiger partial charge in [0.25, 0.3) is 0 Å². The molecular weight excluding hydrogens is 322 g/mol. The SMILES string of the molecule is Brc1ccc(Br)c(NCc2cnc[nH]2)c1. The van der Waals surface area contributed by atoms with E-state index in [0.717, 1.165) is 26.9 Å². The number of hydrogen-bond acceptors (Lipinski definition) is 2. The van der Waals surface area contributed by atoms with Crippen molar-refractivity contribution in [3.63, 3.8) is 0 Å². The van der Waals surface area contributed by atoms with Gasteiger partial charge < -0.3 is 10.3 Å². The number of halogens is 2. The van der Waals surface area contributed by atoms with Crippen LogP contribution in [0.15, 0.2) is 39.7 Å². The van der Waals surface area contributed by atoms with Gasteiger partial charge in [-0.25, -0.2) is 4.98 Å². The van der Waals surface area contributed by atoms with Crippen LogP contribution in [-0.4, -0.2) is 9.97 Å². The molecule has 1 aromatic heterocycles. The molecule has 0 unspecified atom stereocenters. The van der Waals surface area contributed by atoms with E-state index >= 15 is 0 Å². The molecule has 2 N–H and O–H groups in total. The molecule has 0 radical (unpaired) electrons. The summed E-state index contributed by atoms with van der Waals surface area (Å²) in [5.41, 5.74) is 2.11. The average Bonchev–Trinajstić information content (AvgIpc) is 2.72. The van der Waals surface area contributed by atoms with E-state index in [1.807, 2.05) is 18.2 Å². The summed E-state index contributed by atoms with van der Waals surface area (Å²) in [6, 6.07) is 6.02. The van der Waals surface area contributed by atoms with E-state index in [1.165, 1.54) is 0 Å². The maximum atomic E-state index is 3.96. The van der Waals surface area contributed by atoms with Crippen molar-refractivity contribution in [2.75, 3.05) is 5.32 Å². The minimum absolute atomic E-state index is 0.731. The molecule has 0 saturated heterocycles. The summed E-state index contributed by atoms with van der Waals surface area (Å²) in [4.78, 5) is 7.00. The molecule has 1 heterocycles.